The van der Waals surface area contributed by atoms with Crippen molar-refractivity contribution in [2.45, 2.75) is 39.0 Å². The Hall–Kier alpha value is -1.00. The molecule has 10 heteroatoms. The van der Waals surface area contributed by atoms with Gasteiger partial charge in [-0.15, -0.1) is 0 Å². The maximum absolute atomic E-state index is 11.4. The zero-order chi connectivity index (χ0) is 14.9. The van der Waals surface area contributed by atoms with E-state index in [-0.39, 0.29) is 31.4 Å². The van der Waals surface area contributed by atoms with Crippen LogP contribution in [0.4, 0.5) is 0 Å². The minimum atomic E-state index is -3.68. The van der Waals surface area contributed by atoms with Gasteiger partial charge in [0.25, 0.3) is 0 Å². The molecule has 1 atom stereocenters. The number of rotatable bonds is 9. The SMILES string of the molecule is CCCC(=O)NS(=O)(=O)CCCCC(=O)NS(=O)[O-]. The van der Waals surface area contributed by atoms with E-state index in [0.717, 1.165) is 0 Å². The first kappa shape index (κ1) is 18.0. The van der Waals surface area contributed by atoms with Crippen molar-refractivity contribution in [1.29, 1.82) is 0 Å². The third-order valence-electron chi connectivity index (χ3n) is 2.01. The van der Waals surface area contributed by atoms with Crippen LogP contribution in [0.2, 0.25) is 0 Å². The van der Waals surface area contributed by atoms with E-state index in [1.165, 1.54) is 0 Å². The summed E-state index contributed by atoms with van der Waals surface area (Å²) in [6, 6.07) is 0. The third-order valence-corrected chi connectivity index (χ3v) is 3.77. The molecule has 0 bridgehead atoms. The largest absolute Gasteiger partial charge is 0.755 e. The Kier molecular flexibility index (Phi) is 8.52. The summed E-state index contributed by atoms with van der Waals surface area (Å²) in [5.74, 6) is -1.53. The lowest BCUT2D eigenvalue weighted by atomic mass is 10.2. The molecular formula is C9H17N2O6S2-. The van der Waals surface area contributed by atoms with Crippen LogP contribution in [0, 0.1) is 0 Å². The molecule has 0 aromatic heterocycles. The normalized spacial score (nSPS) is 12.7. The van der Waals surface area contributed by atoms with Gasteiger partial charge in [-0.1, -0.05) is 6.92 Å². The molecule has 8 nitrogen and oxygen atoms in total. The molecule has 0 aliphatic rings. The highest BCUT2D eigenvalue weighted by atomic mass is 32.2. The highest BCUT2D eigenvalue weighted by Crippen LogP contribution is 2.00. The summed E-state index contributed by atoms with van der Waals surface area (Å²) in [5, 5.41) is 0. The molecule has 1 unspecified atom stereocenters. The average Bonchev–Trinajstić information content (AvgIpc) is 2.23. The number of nitrogens with one attached hydrogen (secondary N) is 2. The standard InChI is InChI=1S/C9H18N2O6S2/c1-2-5-9(13)11-19(16,17)7-4-3-6-8(12)10-18(14)15/h2-7H2,1H3,(H,10,12)(H,11,13)(H,14,15)/p-1. The van der Waals surface area contributed by atoms with Gasteiger partial charge in [0.2, 0.25) is 21.8 Å². The molecule has 112 valence electrons. The Morgan fingerprint density at radius 2 is 1.79 bits per heavy atom. The van der Waals surface area contributed by atoms with Gasteiger partial charge in [-0.25, -0.2) is 8.42 Å². The molecule has 0 aromatic rings. The van der Waals surface area contributed by atoms with E-state index in [4.69, 9.17) is 0 Å². The number of sulfonamides is 1. The van der Waals surface area contributed by atoms with Gasteiger partial charge in [-0.2, -0.15) is 0 Å². The molecule has 0 saturated carbocycles. The summed E-state index contributed by atoms with van der Waals surface area (Å²) in [7, 11) is -3.68. The minimum absolute atomic E-state index is 0.0909. The molecule has 2 N–H and O–H groups in total. The van der Waals surface area contributed by atoms with Gasteiger partial charge in [0.05, 0.1) is 5.75 Å². The molecule has 19 heavy (non-hydrogen) atoms. The van der Waals surface area contributed by atoms with Crippen LogP contribution in [0.25, 0.3) is 0 Å². The number of hydrogen-bond acceptors (Lipinski definition) is 6. The summed E-state index contributed by atoms with van der Waals surface area (Å²) >= 11 is -2.65. The lowest BCUT2D eigenvalue weighted by molar-refractivity contribution is -0.120. The van der Waals surface area contributed by atoms with E-state index in [0.29, 0.717) is 6.42 Å². The molecule has 0 heterocycles. The second kappa shape index (κ2) is 8.99. The number of carbonyl (C=O) groups is 2. The van der Waals surface area contributed by atoms with Gasteiger partial charge in [0.15, 0.2) is 0 Å². The van der Waals surface area contributed by atoms with E-state index in [9.17, 15) is 26.8 Å². The molecule has 2 amide bonds. The van der Waals surface area contributed by atoms with Crippen LogP contribution < -0.4 is 9.44 Å². The second-order valence-electron chi connectivity index (χ2n) is 3.81. The fourth-order valence-electron chi connectivity index (χ4n) is 1.22. The maximum Gasteiger partial charge on any atom is 0.234 e. The molecule has 0 aliphatic carbocycles. The quantitative estimate of drug-likeness (QED) is 0.428. The van der Waals surface area contributed by atoms with Gasteiger partial charge in [-0.05, 0) is 19.3 Å². The first-order chi connectivity index (χ1) is 8.76. The van der Waals surface area contributed by atoms with Crippen molar-refractivity contribution in [3.05, 3.63) is 0 Å². The third kappa shape index (κ3) is 10.6. The van der Waals surface area contributed by atoms with E-state index < -0.39 is 33.1 Å². The van der Waals surface area contributed by atoms with Crippen molar-refractivity contribution in [3.63, 3.8) is 0 Å². The Balaban J connectivity index is 3.90. The molecule has 0 aliphatic heterocycles. The van der Waals surface area contributed by atoms with Crippen molar-refractivity contribution < 1.29 is 26.8 Å². The van der Waals surface area contributed by atoms with Gasteiger partial charge < -0.3 is 4.55 Å². The molecular weight excluding hydrogens is 296 g/mol. The number of hydrogen-bond donors (Lipinski definition) is 2. The van der Waals surface area contributed by atoms with Gasteiger partial charge in [-0.3, -0.25) is 23.2 Å². The van der Waals surface area contributed by atoms with Gasteiger partial charge in [0.1, 0.15) is 0 Å². The predicted molar refractivity (Wildman–Crippen MR) is 67.8 cm³/mol. The molecule has 0 spiro atoms. The van der Waals surface area contributed by atoms with Crippen LogP contribution in [-0.2, 0) is 30.9 Å². The molecule has 0 fully saturated rings. The molecule has 0 radical (unpaired) electrons. The highest BCUT2D eigenvalue weighted by Gasteiger charge is 2.13. The summed E-state index contributed by atoms with van der Waals surface area (Å²) in [6.07, 6.45) is 0.969. The highest BCUT2D eigenvalue weighted by molar-refractivity contribution is 7.90. The topological polar surface area (TPSA) is 132 Å². The first-order valence-corrected chi connectivity index (χ1v) is 8.41. The van der Waals surface area contributed by atoms with Crippen LogP contribution in [0.3, 0.4) is 0 Å². The lowest BCUT2D eigenvalue weighted by Gasteiger charge is -2.07. The van der Waals surface area contributed by atoms with Crippen LogP contribution in [0.1, 0.15) is 39.0 Å². The van der Waals surface area contributed by atoms with E-state index in [1.807, 2.05) is 4.72 Å². The number of unbranched alkanes of at least 4 members (excludes halogenated alkanes) is 1. The number of amides is 2. The Bertz CT molecular complexity index is 434. The summed E-state index contributed by atoms with van der Waals surface area (Å²) in [4.78, 5) is 22.0. The zero-order valence-electron chi connectivity index (χ0n) is 10.5. The average molecular weight is 313 g/mol. The van der Waals surface area contributed by atoms with Gasteiger partial charge >= 0.3 is 0 Å². The monoisotopic (exact) mass is 313 g/mol. The maximum atomic E-state index is 11.4. The van der Waals surface area contributed by atoms with E-state index >= 15 is 0 Å². The molecule has 0 aromatic carbocycles. The first-order valence-electron chi connectivity index (χ1n) is 5.69. The Morgan fingerprint density at radius 1 is 1.16 bits per heavy atom. The fraction of sp³-hybridized carbons (Fsp3) is 0.778. The predicted octanol–water partition coefficient (Wildman–Crippen LogP) is -0.687. The van der Waals surface area contributed by atoms with Crippen molar-refractivity contribution in [3.8, 4) is 0 Å². The molecule has 0 saturated heterocycles. The van der Waals surface area contributed by atoms with Crippen molar-refractivity contribution in [2.75, 3.05) is 5.75 Å². The van der Waals surface area contributed by atoms with Crippen LogP contribution in [-0.4, -0.2) is 34.7 Å². The van der Waals surface area contributed by atoms with E-state index in [1.54, 1.807) is 11.6 Å². The van der Waals surface area contributed by atoms with Crippen molar-refractivity contribution in [2.24, 2.45) is 0 Å². The van der Waals surface area contributed by atoms with E-state index in [2.05, 4.69) is 0 Å². The summed E-state index contributed by atoms with van der Waals surface area (Å²) in [5.41, 5.74) is 0. The Morgan fingerprint density at radius 3 is 2.32 bits per heavy atom. The van der Waals surface area contributed by atoms with Gasteiger partial charge in [0, 0.05) is 24.1 Å². The van der Waals surface area contributed by atoms with Crippen LogP contribution in [0.5, 0.6) is 0 Å². The van der Waals surface area contributed by atoms with Crippen LogP contribution in [0.15, 0.2) is 0 Å². The zero-order valence-corrected chi connectivity index (χ0v) is 12.1. The summed E-state index contributed by atoms with van der Waals surface area (Å²) in [6.45, 7) is 1.75. The fourth-order valence-corrected chi connectivity index (χ4v) is 2.65. The van der Waals surface area contributed by atoms with Crippen molar-refractivity contribution in [1.82, 2.24) is 9.44 Å². The Labute approximate surface area is 114 Å². The molecule has 0 rings (SSSR count). The summed E-state index contributed by atoms with van der Waals surface area (Å²) < 4.78 is 46.6. The van der Waals surface area contributed by atoms with Crippen LogP contribution >= 0.6 is 0 Å². The lowest BCUT2D eigenvalue weighted by Crippen LogP contribution is -2.32. The minimum Gasteiger partial charge on any atom is -0.755 e. The smallest absolute Gasteiger partial charge is 0.234 e. The van der Waals surface area contributed by atoms with Crippen molar-refractivity contribution >= 4 is 33.1 Å². The number of carbonyl (C=O) groups excluding carboxylic acids is 2. The second-order valence-corrected chi connectivity index (χ2v) is 6.33.